The Morgan fingerprint density at radius 2 is 1.02 bits per heavy atom. The molecule has 0 heterocycles. The standard InChI is InChI=1S/C43H76NO8P/c1-3-5-7-9-11-13-15-17-19-20-22-24-26-28-30-32-34-36-43(46)52-41(40-51-53(47,48)50-38-37-44)39-49-42(45)35-33-31-29-27-25-23-21-18-16-14-12-10-8-6-4-2/h7,9,13,15,18-21,24,26,41H,3-6,8,10-12,14,16-17,22-23,25,27-40,44H2,1-2H3,(H,47,48)/b9-7+,15-13+,20-19+,21-18+,26-24+/t41-/m1/s1. The summed E-state index contributed by atoms with van der Waals surface area (Å²) in [5, 5.41) is 0. The van der Waals surface area contributed by atoms with Crippen molar-refractivity contribution in [1.29, 1.82) is 0 Å². The number of hydrogen-bond donors (Lipinski definition) is 2. The zero-order chi connectivity index (χ0) is 38.9. The van der Waals surface area contributed by atoms with Crippen molar-refractivity contribution in [3.8, 4) is 0 Å². The second kappa shape index (κ2) is 39.4. The summed E-state index contributed by atoms with van der Waals surface area (Å²) in [6.45, 7) is 3.60. The highest BCUT2D eigenvalue weighted by atomic mass is 31.2. The van der Waals surface area contributed by atoms with Crippen molar-refractivity contribution < 1.29 is 37.6 Å². The molecular weight excluding hydrogens is 689 g/mol. The first-order chi connectivity index (χ1) is 25.8. The normalized spacial score (nSPS) is 14.0. The van der Waals surface area contributed by atoms with Gasteiger partial charge >= 0.3 is 19.8 Å². The van der Waals surface area contributed by atoms with Crippen LogP contribution in [0.25, 0.3) is 0 Å². The maximum atomic E-state index is 12.6. The summed E-state index contributed by atoms with van der Waals surface area (Å²) < 4.78 is 32.7. The van der Waals surface area contributed by atoms with E-state index in [1.807, 2.05) is 0 Å². The lowest BCUT2D eigenvalue weighted by Crippen LogP contribution is -2.29. The van der Waals surface area contributed by atoms with Crippen molar-refractivity contribution in [3.63, 3.8) is 0 Å². The molecule has 306 valence electrons. The second-order valence-electron chi connectivity index (χ2n) is 13.5. The zero-order valence-electron chi connectivity index (χ0n) is 33.5. The van der Waals surface area contributed by atoms with E-state index >= 15 is 0 Å². The lowest BCUT2D eigenvalue weighted by Gasteiger charge is -2.19. The highest BCUT2D eigenvalue weighted by Gasteiger charge is 2.25. The van der Waals surface area contributed by atoms with E-state index in [0.29, 0.717) is 12.8 Å². The SMILES string of the molecule is CCC/C=C/C/C=C/C/C=C/C/C=C/CCCCCC(=O)O[C@H](COC(=O)CCCCCCC/C=C/CCCCCCCC)COP(=O)(O)OCCN. The van der Waals surface area contributed by atoms with Gasteiger partial charge in [-0.1, -0.05) is 139 Å². The predicted molar refractivity (Wildman–Crippen MR) is 219 cm³/mol. The Hall–Kier alpha value is -2.29. The minimum Gasteiger partial charge on any atom is -0.462 e. The molecule has 0 amide bonds. The van der Waals surface area contributed by atoms with Crippen molar-refractivity contribution in [1.82, 2.24) is 0 Å². The average molecular weight is 766 g/mol. The monoisotopic (exact) mass is 766 g/mol. The van der Waals surface area contributed by atoms with E-state index in [0.717, 1.165) is 77.0 Å². The van der Waals surface area contributed by atoms with Gasteiger partial charge in [-0.25, -0.2) is 4.57 Å². The maximum Gasteiger partial charge on any atom is 0.472 e. The molecule has 0 saturated carbocycles. The highest BCUT2D eigenvalue weighted by molar-refractivity contribution is 7.47. The van der Waals surface area contributed by atoms with E-state index < -0.39 is 32.5 Å². The van der Waals surface area contributed by atoms with Crippen LogP contribution in [0.4, 0.5) is 0 Å². The van der Waals surface area contributed by atoms with Crippen LogP contribution in [0.2, 0.25) is 0 Å². The van der Waals surface area contributed by atoms with Crippen LogP contribution in [0.15, 0.2) is 60.8 Å². The topological polar surface area (TPSA) is 134 Å². The van der Waals surface area contributed by atoms with Crippen molar-refractivity contribution in [2.75, 3.05) is 26.4 Å². The molecule has 0 saturated heterocycles. The molecular formula is C43H76NO8P. The molecule has 0 radical (unpaired) electrons. The molecule has 0 aromatic carbocycles. The maximum absolute atomic E-state index is 12.6. The molecule has 53 heavy (non-hydrogen) atoms. The summed E-state index contributed by atoms with van der Waals surface area (Å²) in [6.07, 6.45) is 45.3. The van der Waals surface area contributed by atoms with Crippen LogP contribution in [0, 0.1) is 0 Å². The third-order valence-electron chi connectivity index (χ3n) is 8.36. The Bertz CT molecular complexity index is 1050. The Balaban J connectivity index is 4.27. The lowest BCUT2D eigenvalue weighted by molar-refractivity contribution is -0.161. The first-order valence-corrected chi connectivity index (χ1v) is 22.3. The number of ether oxygens (including phenoxy) is 2. The quantitative estimate of drug-likeness (QED) is 0.0272. The third kappa shape index (κ3) is 39.2. The van der Waals surface area contributed by atoms with Crippen LogP contribution in [-0.2, 0) is 32.7 Å². The van der Waals surface area contributed by atoms with Gasteiger partial charge in [0.15, 0.2) is 6.10 Å². The van der Waals surface area contributed by atoms with Gasteiger partial charge in [0.2, 0.25) is 0 Å². The molecule has 0 rings (SSSR count). The molecule has 3 N–H and O–H groups in total. The minimum absolute atomic E-state index is 0.0443. The molecule has 0 spiro atoms. The molecule has 0 aliphatic carbocycles. The number of unbranched alkanes of at least 4 members (excludes halogenated alkanes) is 15. The molecule has 1 unspecified atom stereocenters. The van der Waals surface area contributed by atoms with E-state index in [2.05, 4.69) is 74.6 Å². The van der Waals surface area contributed by atoms with Crippen LogP contribution < -0.4 is 5.73 Å². The fourth-order valence-electron chi connectivity index (χ4n) is 5.27. The van der Waals surface area contributed by atoms with Gasteiger partial charge in [0.1, 0.15) is 6.61 Å². The van der Waals surface area contributed by atoms with Gasteiger partial charge in [-0.3, -0.25) is 18.6 Å². The molecule has 0 bridgehead atoms. The van der Waals surface area contributed by atoms with Gasteiger partial charge in [0, 0.05) is 19.4 Å². The average Bonchev–Trinajstić information content (AvgIpc) is 3.14. The fourth-order valence-corrected chi connectivity index (χ4v) is 6.03. The molecule has 0 fully saturated rings. The number of rotatable bonds is 38. The van der Waals surface area contributed by atoms with Gasteiger partial charge in [0.05, 0.1) is 13.2 Å². The van der Waals surface area contributed by atoms with Crippen LogP contribution in [-0.4, -0.2) is 49.3 Å². The number of hydrogen-bond acceptors (Lipinski definition) is 8. The molecule has 0 aliphatic rings. The number of phosphoric ester groups is 1. The number of allylic oxidation sites excluding steroid dienone is 10. The molecule has 10 heteroatoms. The van der Waals surface area contributed by atoms with Gasteiger partial charge in [0.25, 0.3) is 0 Å². The summed E-state index contributed by atoms with van der Waals surface area (Å²) in [6, 6.07) is 0. The summed E-state index contributed by atoms with van der Waals surface area (Å²) in [5.74, 6) is -0.879. The first kappa shape index (κ1) is 50.7. The van der Waals surface area contributed by atoms with Crippen LogP contribution in [0.1, 0.15) is 168 Å². The molecule has 9 nitrogen and oxygen atoms in total. The Morgan fingerprint density at radius 3 is 1.57 bits per heavy atom. The van der Waals surface area contributed by atoms with E-state index in [4.69, 9.17) is 24.3 Å². The van der Waals surface area contributed by atoms with Crippen LogP contribution >= 0.6 is 7.82 Å². The van der Waals surface area contributed by atoms with E-state index in [9.17, 15) is 19.0 Å². The van der Waals surface area contributed by atoms with Crippen LogP contribution in [0.5, 0.6) is 0 Å². The van der Waals surface area contributed by atoms with Gasteiger partial charge in [-0.2, -0.15) is 0 Å². The van der Waals surface area contributed by atoms with E-state index in [1.54, 1.807) is 0 Å². The first-order valence-electron chi connectivity index (χ1n) is 20.8. The Morgan fingerprint density at radius 1 is 0.566 bits per heavy atom. The largest absolute Gasteiger partial charge is 0.472 e. The number of nitrogens with two attached hydrogens (primary N) is 1. The fraction of sp³-hybridized carbons (Fsp3) is 0.721. The van der Waals surface area contributed by atoms with Crippen LogP contribution in [0.3, 0.4) is 0 Å². The summed E-state index contributed by atoms with van der Waals surface area (Å²) in [7, 11) is -4.39. The third-order valence-corrected chi connectivity index (χ3v) is 9.34. The predicted octanol–water partition coefficient (Wildman–Crippen LogP) is 11.7. The van der Waals surface area contributed by atoms with Crippen molar-refractivity contribution in [3.05, 3.63) is 60.8 Å². The molecule has 0 aliphatic heterocycles. The van der Waals surface area contributed by atoms with Gasteiger partial charge in [-0.05, 0) is 77.0 Å². The van der Waals surface area contributed by atoms with E-state index in [1.165, 1.54) is 51.4 Å². The summed E-state index contributed by atoms with van der Waals surface area (Å²) in [5.41, 5.74) is 5.34. The minimum atomic E-state index is -4.39. The molecule has 0 aromatic heterocycles. The van der Waals surface area contributed by atoms with Gasteiger partial charge in [-0.15, -0.1) is 0 Å². The van der Waals surface area contributed by atoms with Crippen molar-refractivity contribution >= 4 is 19.8 Å². The molecule has 2 atom stereocenters. The molecule has 0 aromatic rings. The Kier molecular flexibility index (Phi) is 37.7. The summed E-state index contributed by atoms with van der Waals surface area (Å²) >= 11 is 0. The van der Waals surface area contributed by atoms with Crippen molar-refractivity contribution in [2.45, 2.75) is 174 Å². The lowest BCUT2D eigenvalue weighted by atomic mass is 10.1. The summed E-state index contributed by atoms with van der Waals surface area (Å²) in [4.78, 5) is 34.8. The number of esters is 2. The zero-order valence-corrected chi connectivity index (χ0v) is 34.4. The number of phosphoric acid groups is 1. The van der Waals surface area contributed by atoms with Crippen molar-refractivity contribution in [2.24, 2.45) is 5.73 Å². The van der Waals surface area contributed by atoms with E-state index in [-0.39, 0.29) is 32.6 Å². The number of carbonyl (C=O) groups excluding carboxylic acids is 2. The smallest absolute Gasteiger partial charge is 0.462 e. The highest BCUT2D eigenvalue weighted by Crippen LogP contribution is 2.43. The number of carbonyl (C=O) groups is 2. The second-order valence-corrected chi connectivity index (χ2v) is 14.9. The Labute approximate surface area is 323 Å². The van der Waals surface area contributed by atoms with Gasteiger partial charge < -0.3 is 20.1 Å².